The monoisotopic (exact) mass is 402 g/mol. The van der Waals surface area contributed by atoms with Gasteiger partial charge in [-0.1, -0.05) is 47.2 Å². The molecule has 138 valence electrons. The fraction of sp³-hybridized carbons (Fsp3) is 0.111. The minimum Gasteiger partial charge on any atom is -0.496 e. The summed E-state index contributed by atoms with van der Waals surface area (Å²) in [6.07, 6.45) is 0. The van der Waals surface area contributed by atoms with Gasteiger partial charge in [-0.25, -0.2) is 0 Å². The van der Waals surface area contributed by atoms with Gasteiger partial charge in [0.15, 0.2) is 0 Å². The predicted octanol–water partition coefficient (Wildman–Crippen LogP) is 3.38. The van der Waals surface area contributed by atoms with Crippen LogP contribution in [0.25, 0.3) is 0 Å². The lowest BCUT2D eigenvalue weighted by Gasteiger charge is -2.08. The Bertz CT molecular complexity index is 977. The summed E-state index contributed by atoms with van der Waals surface area (Å²) in [6.45, 7) is 0.270. The highest BCUT2D eigenvalue weighted by molar-refractivity contribution is 7.15. The molecule has 2 amide bonds. The molecule has 0 saturated carbocycles. The lowest BCUT2D eigenvalue weighted by atomic mass is 10.2. The number of carbonyl (C=O) groups is 2. The molecule has 0 aliphatic carbocycles. The molecule has 0 atom stereocenters. The molecule has 0 radical (unpaired) electrons. The molecule has 0 bridgehead atoms. The van der Waals surface area contributed by atoms with Crippen molar-refractivity contribution in [3.8, 4) is 5.75 Å². The number of hydrogen-bond acceptors (Lipinski definition) is 6. The fourth-order valence-electron chi connectivity index (χ4n) is 2.26. The number of carbonyl (C=O) groups excluding carboxylic acids is 2. The first-order valence-electron chi connectivity index (χ1n) is 7.87. The van der Waals surface area contributed by atoms with E-state index < -0.39 is 11.8 Å². The third kappa shape index (κ3) is 4.81. The van der Waals surface area contributed by atoms with Gasteiger partial charge in [-0.3, -0.25) is 9.59 Å². The van der Waals surface area contributed by atoms with E-state index in [1.54, 1.807) is 31.4 Å². The molecule has 1 aromatic heterocycles. The maximum Gasteiger partial charge on any atom is 0.286 e. The first kappa shape index (κ1) is 18.8. The van der Waals surface area contributed by atoms with Crippen molar-refractivity contribution in [3.63, 3.8) is 0 Å². The number of hydrogen-bond donors (Lipinski definition) is 2. The molecule has 0 aliphatic heterocycles. The summed E-state index contributed by atoms with van der Waals surface area (Å²) < 4.78 is 5.24. The van der Waals surface area contributed by atoms with Crippen molar-refractivity contribution in [2.45, 2.75) is 6.54 Å². The Morgan fingerprint density at radius 3 is 2.56 bits per heavy atom. The minimum atomic E-state index is -0.460. The van der Waals surface area contributed by atoms with Gasteiger partial charge in [0, 0.05) is 22.8 Å². The predicted molar refractivity (Wildman–Crippen MR) is 103 cm³/mol. The number of halogens is 1. The van der Waals surface area contributed by atoms with Gasteiger partial charge in [0.05, 0.1) is 7.11 Å². The number of methoxy groups -OCH3 is 1. The highest BCUT2D eigenvalue weighted by atomic mass is 35.5. The lowest BCUT2D eigenvalue weighted by molar-refractivity contribution is 0.0948. The van der Waals surface area contributed by atoms with Gasteiger partial charge in [0.25, 0.3) is 11.8 Å². The Morgan fingerprint density at radius 1 is 1.07 bits per heavy atom. The van der Waals surface area contributed by atoms with Gasteiger partial charge >= 0.3 is 0 Å². The Hall–Kier alpha value is -2.97. The smallest absolute Gasteiger partial charge is 0.286 e. The third-order valence-electron chi connectivity index (χ3n) is 3.53. The van der Waals surface area contributed by atoms with Crippen LogP contribution >= 0.6 is 22.9 Å². The van der Waals surface area contributed by atoms with E-state index in [0.29, 0.717) is 16.5 Å². The zero-order valence-electron chi connectivity index (χ0n) is 14.2. The van der Waals surface area contributed by atoms with Crippen molar-refractivity contribution >= 4 is 40.4 Å². The topological polar surface area (TPSA) is 93.2 Å². The van der Waals surface area contributed by atoms with E-state index >= 15 is 0 Å². The van der Waals surface area contributed by atoms with Gasteiger partial charge in [0.1, 0.15) is 5.75 Å². The molecular weight excluding hydrogens is 388 g/mol. The second kappa shape index (κ2) is 8.61. The van der Waals surface area contributed by atoms with E-state index in [2.05, 4.69) is 20.8 Å². The number of benzene rings is 2. The third-order valence-corrected chi connectivity index (χ3v) is 4.68. The number of anilines is 1. The highest BCUT2D eigenvalue weighted by Gasteiger charge is 2.18. The lowest BCUT2D eigenvalue weighted by Crippen LogP contribution is -2.22. The van der Waals surface area contributed by atoms with Crippen LogP contribution in [0.4, 0.5) is 5.69 Å². The van der Waals surface area contributed by atoms with Gasteiger partial charge in [-0.2, -0.15) is 0 Å². The van der Waals surface area contributed by atoms with Gasteiger partial charge in [-0.05, 0) is 24.3 Å². The van der Waals surface area contributed by atoms with Crippen LogP contribution in [0.2, 0.25) is 5.02 Å². The number of nitrogens with zero attached hydrogens (tertiary/aromatic N) is 2. The van der Waals surface area contributed by atoms with E-state index in [0.717, 1.165) is 16.9 Å². The molecule has 9 heteroatoms. The van der Waals surface area contributed by atoms with E-state index in [9.17, 15) is 9.59 Å². The van der Waals surface area contributed by atoms with Crippen LogP contribution in [0.15, 0.2) is 48.5 Å². The summed E-state index contributed by atoms with van der Waals surface area (Å²) in [5, 5.41) is 13.7. The number of ether oxygens (including phenoxy) is 1. The molecule has 3 aromatic rings. The Balaban J connectivity index is 1.62. The fourth-order valence-corrected chi connectivity index (χ4v) is 3.10. The van der Waals surface area contributed by atoms with Crippen molar-refractivity contribution in [2.75, 3.05) is 12.4 Å². The average Bonchev–Trinajstić information content (AvgIpc) is 3.17. The summed E-state index contributed by atoms with van der Waals surface area (Å²) >= 11 is 6.80. The molecule has 2 aromatic carbocycles. The first-order valence-corrected chi connectivity index (χ1v) is 9.07. The molecule has 1 heterocycles. The van der Waals surface area contributed by atoms with Crippen LogP contribution in [-0.4, -0.2) is 29.1 Å². The van der Waals surface area contributed by atoms with Gasteiger partial charge in [-0.15, -0.1) is 10.2 Å². The van der Waals surface area contributed by atoms with E-state index in [-0.39, 0.29) is 16.6 Å². The van der Waals surface area contributed by atoms with E-state index in [1.807, 2.05) is 24.3 Å². The van der Waals surface area contributed by atoms with Crippen LogP contribution in [0.3, 0.4) is 0 Å². The number of aromatic nitrogens is 2. The summed E-state index contributed by atoms with van der Waals surface area (Å²) in [5.74, 6) is -0.199. The van der Waals surface area contributed by atoms with Crippen molar-refractivity contribution < 1.29 is 14.3 Å². The van der Waals surface area contributed by atoms with Crippen molar-refractivity contribution in [3.05, 3.63) is 69.1 Å². The van der Waals surface area contributed by atoms with Crippen molar-refractivity contribution in [1.82, 2.24) is 15.5 Å². The average molecular weight is 403 g/mol. The highest BCUT2D eigenvalue weighted by Crippen LogP contribution is 2.19. The van der Waals surface area contributed by atoms with Crippen molar-refractivity contribution in [2.24, 2.45) is 0 Å². The van der Waals surface area contributed by atoms with Crippen LogP contribution in [-0.2, 0) is 6.54 Å². The summed E-state index contributed by atoms with van der Waals surface area (Å²) in [6, 6.07) is 14.1. The first-order chi connectivity index (χ1) is 13.1. The van der Waals surface area contributed by atoms with Gasteiger partial charge < -0.3 is 15.4 Å². The number of rotatable bonds is 6. The normalized spacial score (nSPS) is 10.3. The maximum atomic E-state index is 12.3. The van der Waals surface area contributed by atoms with E-state index in [4.69, 9.17) is 16.3 Å². The summed E-state index contributed by atoms with van der Waals surface area (Å²) in [7, 11) is 1.57. The molecule has 0 saturated heterocycles. The number of amides is 2. The molecular formula is C18H15ClN4O3S. The van der Waals surface area contributed by atoms with Crippen LogP contribution < -0.4 is 15.4 Å². The SMILES string of the molecule is COc1ccccc1CNC(=O)c1nnc(C(=O)Nc2cccc(Cl)c2)s1. The molecule has 0 fully saturated rings. The summed E-state index contributed by atoms with van der Waals surface area (Å²) in [4.78, 5) is 24.5. The second-order valence-corrected chi connectivity index (χ2v) is 6.79. The van der Waals surface area contributed by atoms with Crippen LogP contribution in [0.1, 0.15) is 25.2 Å². The standard InChI is InChI=1S/C18H15ClN4O3S/c1-26-14-8-3-2-5-11(14)10-20-15(24)17-22-23-18(27-17)16(25)21-13-7-4-6-12(19)9-13/h2-9H,10H2,1H3,(H,20,24)(H,21,25). The second-order valence-electron chi connectivity index (χ2n) is 5.37. The quantitative estimate of drug-likeness (QED) is 0.659. The molecule has 2 N–H and O–H groups in total. The van der Waals surface area contributed by atoms with Crippen LogP contribution in [0.5, 0.6) is 5.75 Å². The largest absolute Gasteiger partial charge is 0.496 e. The van der Waals surface area contributed by atoms with Gasteiger partial charge in [0.2, 0.25) is 10.0 Å². The number of para-hydroxylation sites is 1. The molecule has 3 rings (SSSR count). The molecule has 27 heavy (non-hydrogen) atoms. The number of nitrogens with one attached hydrogen (secondary N) is 2. The molecule has 0 unspecified atom stereocenters. The molecule has 0 aliphatic rings. The van der Waals surface area contributed by atoms with Crippen molar-refractivity contribution in [1.29, 1.82) is 0 Å². The molecule has 0 spiro atoms. The zero-order valence-corrected chi connectivity index (χ0v) is 15.8. The Labute approximate surface area is 164 Å². The Morgan fingerprint density at radius 2 is 1.81 bits per heavy atom. The maximum absolute atomic E-state index is 12.3. The minimum absolute atomic E-state index is 0.0809. The zero-order chi connectivity index (χ0) is 19.2. The summed E-state index contributed by atoms with van der Waals surface area (Å²) in [5.41, 5.74) is 1.36. The van der Waals surface area contributed by atoms with E-state index in [1.165, 1.54) is 0 Å². The van der Waals surface area contributed by atoms with Crippen LogP contribution in [0, 0.1) is 0 Å². The molecule has 7 nitrogen and oxygen atoms in total. The Kier molecular flexibility index (Phi) is 6.00.